The van der Waals surface area contributed by atoms with Gasteiger partial charge in [-0.2, -0.15) is 13.2 Å². The van der Waals surface area contributed by atoms with E-state index in [1.807, 2.05) is 0 Å². The highest BCUT2D eigenvalue weighted by Gasteiger charge is 2.41. The van der Waals surface area contributed by atoms with Crippen LogP contribution in [0.25, 0.3) is 0 Å². The van der Waals surface area contributed by atoms with Crippen molar-refractivity contribution in [3.63, 3.8) is 0 Å². The minimum Gasteiger partial charge on any atom is -0.369 e. The highest BCUT2D eigenvalue weighted by molar-refractivity contribution is 6.20. The molecule has 2 aromatic rings. The van der Waals surface area contributed by atoms with E-state index in [-0.39, 0.29) is 29.3 Å². The van der Waals surface area contributed by atoms with Crippen LogP contribution in [0.3, 0.4) is 0 Å². The topological polar surface area (TPSA) is 114 Å². The van der Waals surface area contributed by atoms with Crippen LogP contribution in [-0.4, -0.2) is 35.8 Å². The van der Waals surface area contributed by atoms with Gasteiger partial charge in [0.25, 0.3) is 5.91 Å². The zero-order chi connectivity index (χ0) is 26.7. The molecule has 37 heavy (non-hydrogen) atoms. The highest BCUT2D eigenvalue weighted by Crippen LogP contribution is 2.39. The van der Waals surface area contributed by atoms with Gasteiger partial charge < -0.3 is 16.4 Å². The lowest BCUT2D eigenvalue weighted by Crippen LogP contribution is -2.48. The van der Waals surface area contributed by atoms with Gasteiger partial charge in [0, 0.05) is 29.4 Å². The Morgan fingerprint density at radius 2 is 1.78 bits per heavy atom. The van der Waals surface area contributed by atoms with Crippen molar-refractivity contribution in [2.24, 2.45) is 28.5 Å². The van der Waals surface area contributed by atoms with E-state index in [2.05, 4.69) is 15.6 Å². The van der Waals surface area contributed by atoms with Crippen LogP contribution in [0, 0.1) is 23.6 Å². The Morgan fingerprint density at radius 1 is 1.08 bits per heavy atom. The molecule has 1 aliphatic carbocycles. The van der Waals surface area contributed by atoms with Gasteiger partial charge in [-0.15, -0.1) is 0 Å². The predicted molar refractivity (Wildman–Crippen MR) is 128 cm³/mol. The number of primary amides is 1. The zero-order valence-corrected chi connectivity index (χ0v) is 19.7. The van der Waals surface area contributed by atoms with Crippen LogP contribution in [0.5, 0.6) is 0 Å². The summed E-state index contributed by atoms with van der Waals surface area (Å²) >= 11 is 0. The van der Waals surface area contributed by atoms with Crippen LogP contribution in [0.4, 0.5) is 23.2 Å². The van der Waals surface area contributed by atoms with E-state index >= 15 is 0 Å². The molecule has 1 fully saturated rings. The van der Waals surface area contributed by atoms with Crippen LogP contribution in [-0.2, 0) is 14.4 Å². The molecule has 3 amide bonds. The monoisotopic (exact) mass is 518 g/mol. The third kappa shape index (κ3) is 6.52. The number of hydrogen-bond donors (Lipinski definition) is 3. The number of para-hydroxylation sites is 1. The summed E-state index contributed by atoms with van der Waals surface area (Å²) < 4.78 is 53.8. The lowest BCUT2D eigenvalue weighted by Gasteiger charge is -2.26. The van der Waals surface area contributed by atoms with Gasteiger partial charge in [-0.05, 0) is 24.8 Å². The Labute approximate surface area is 210 Å². The van der Waals surface area contributed by atoms with E-state index < -0.39 is 60.6 Å². The summed E-state index contributed by atoms with van der Waals surface area (Å²) in [6.07, 6.45) is -6.32. The van der Waals surface area contributed by atoms with E-state index in [0.29, 0.717) is 5.56 Å². The molecule has 3 atom stereocenters. The van der Waals surface area contributed by atoms with Crippen molar-refractivity contribution in [2.75, 3.05) is 5.32 Å². The fourth-order valence-electron chi connectivity index (χ4n) is 4.49. The Bertz CT molecular complexity index is 1210. The lowest BCUT2D eigenvalue weighted by atomic mass is 9.83. The normalized spacial score (nSPS) is 19.1. The predicted octanol–water partition coefficient (Wildman–Crippen LogP) is 3.92. The molecule has 4 rings (SSSR count). The number of anilines is 1. The first-order valence-corrected chi connectivity index (χ1v) is 11.9. The number of hydrogen-bond acceptors (Lipinski definition) is 4. The number of alkyl halides is 3. The van der Waals surface area contributed by atoms with Crippen LogP contribution >= 0.6 is 0 Å². The highest BCUT2D eigenvalue weighted by atomic mass is 19.4. The number of nitrogens with two attached hydrogens (primary N) is 1. The molecule has 1 aliphatic heterocycles. The Balaban J connectivity index is 1.67. The molecule has 2 aliphatic rings. The first kappa shape index (κ1) is 26.3. The smallest absolute Gasteiger partial charge is 0.369 e. The second-order valence-electron chi connectivity index (χ2n) is 9.35. The van der Waals surface area contributed by atoms with E-state index in [4.69, 9.17) is 5.73 Å². The van der Waals surface area contributed by atoms with E-state index in [1.165, 1.54) is 6.07 Å². The molecular formula is C26H26F4N4O3. The third-order valence-corrected chi connectivity index (χ3v) is 6.56. The molecule has 0 radical (unpaired) electrons. The number of carbonyl (C=O) groups is 3. The maximum atomic E-state index is 14.7. The molecule has 1 heterocycles. The quantitative estimate of drug-likeness (QED) is 0.437. The van der Waals surface area contributed by atoms with Gasteiger partial charge in [-0.25, -0.2) is 9.38 Å². The molecule has 0 spiro atoms. The number of halogens is 4. The fourth-order valence-corrected chi connectivity index (χ4v) is 4.49. The number of benzodiazepines with no additional fused rings is 1. The number of nitrogens with one attached hydrogen (secondary N) is 2. The first-order valence-electron chi connectivity index (χ1n) is 11.9. The van der Waals surface area contributed by atoms with Crippen LogP contribution in [0.2, 0.25) is 0 Å². The van der Waals surface area contributed by atoms with Crippen molar-refractivity contribution < 1.29 is 31.9 Å². The summed E-state index contributed by atoms with van der Waals surface area (Å²) in [4.78, 5) is 42.9. The third-order valence-electron chi connectivity index (χ3n) is 6.56. The summed E-state index contributed by atoms with van der Waals surface area (Å²) in [5, 5.41) is 4.81. The van der Waals surface area contributed by atoms with Gasteiger partial charge in [0.2, 0.25) is 18.0 Å². The summed E-state index contributed by atoms with van der Waals surface area (Å²) in [7, 11) is 0. The summed E-state index contributed by atoms with van der Waals surface area (Å²) in [6, 6.07) is 12.7. The number of benzene rings is 2. The number of amides is 3. The number of nitrogens with zero attached hydrogens (tertiary/aromatic N) is 1. The van der Waals surface area contributed by atoms with Crippen LogP contribution in [0.15, 0.2) is 53.5 Å². The number of carbonyl (C=O) groups excluding carboxylic acids is 3. The second-order valence-corrected chi connectivity index (χ2v) is 9.35. The molecule has 2 aromatic carbocycles. The number of aliphatic imine (C=N–C) groups is 1. The molecular weight excluding hydrogens is 492 g/mol. The molecule has 0 bridgehead atoms. The summed E-state index contributed by atoms with van der Waals surface area (Å²) in [5.41, 5.74) is 6.37. The van der Waals surface area contributed by atoms with E-state index in [0.717, 1.165) is 18.9 Å². The molecule has 3 unspecified atom stereocenters. The number of fused-ring (bicyclic) bond motifs is 1. The van der Waals surface area contributed by atoms with Gasteiger partial charge in [-0.3, -0.25) is 14.4 Å². The van der Waals surface area contributed by atoms with Crippen LogP contribution < -0.4 is 16.4 Å². The molecule has 11 heteroatoms. The minimum absolute atomic E-state index is 0.111. The Morgan fingerprint density at radius 3 is 2.41 bits per heavy atom. The van der Waals surface area contributed by atoms with Gasteiger partial charge in [0.05, 0.1) is 11.4 Å². The molecule has 0 saturated heterocycles. The molecule has 4 N–H and O–H groups in total. The maximum Gasteiger partial charge on any atom is 0.389 e. The largest absolute Gasteiger partial charge is 0.389 e. The maximum absolute atomic E-state index is 14.7. The van der Waals surface area contributed by atoms with Crippen molar-refractivity contribution in [1.82, 2.24) is 5.32 Å². The van der Waals surface area contributed by atoms with E-state index in [1.54, 1.807) is 36.4 Å². The van der Waals surface area contributed by atoms with Gasteiger partial charge in [0.15, 0.2) is 0 Å². The van der Waals surface area contributed by atoms with Crippen LogP contribution in [0.1, 0.15) is 43.2 Å². The second kappa shape index (κ2) is 10.7. The lowest BCUT2D eigenvalue weighted by molar-refractivity contribution is -0.146. The fraction of sp³-hybridized carbons (Fsp3) is 0.385. The zero-order valence-electron chi connectivity index (χ0n) is 19.7. The summed E-state index contributed by atoms with van der Waals surface area (Å²) in [6.45, 7) is 0. The standard InChI is InChI=1S/C26H26F4N4O3/c27-19-8-4-7-17-20(15-5-2-1-3-6-15)32-23(25(37)33-21(17)19)34-24(36)16(11-12-26(28,29)30)18(22(31)35)13-14-9-10-14/h1-8,14,16,18,23H,9-13H2,(H2,31,35)(H,33,37)(H,34,36). The Hall–Kier alpha value is -3.76. The molecule has 1 saturated carbocycles. The summed E-state index contributed by atoms with van der Waals surface area (Å²) in [5.74, 6) is -5.85. The average molecular weight is 519 g/mol. The van der Waals surface area contributed by atoms with Gasteiger partial charge in [-0.1, -0.05) is 55.3 Å². The molecule has 7 nitrogen and oxygen atoms in total. The van der Waals surface area contributed by atoms with Crippen molar-refractivity contribution >= 4 is 29.1 Å². The Kier molecular flexibility index (Phi) is 7.60. The van der Waals surface area contributed by atoms with Gasteiger partial charge in [0.1, 0.15) is 5.82 Å². The molecule has 196 valence electrons. The van der Waals surface area contributed by atoms with Gasteiger partial charge >= 0.3 is 6.18 Å². The van der Waals surface area contributed by atoms with Crippen molar-refractivity contribution in [2.45, 2.75) is 44.4 Å². The number of rotatable bonds is 9. The van der Waals surface area contributed by atoms with Crippen molar-refractivity contribution in [3.8, 4) is 0 Å². The molecule has 0 aromatic heterocycles. The van der Waals surface area contributed by atoms with E-state index in [9.17, 15) is 31.9 Å². The minimum atomic E-state index is -4.56. The SMILES string of the molecule is NC(=O)C(CC1CC1)C(CCC(F)(F)F)C(=O)NC1N=C(c2ccccc2)c2cccc(F)c2NC1=O. The average Bonchev–Trinajstić information content (AvgIpc) is 3.67. The van der Waals surface area contributed by atoms with Crippen molar-refractivity contribution in [1.29, 1.82) is 0 Å². The first-order chi connectivity index (χ1) is 17.5. The van der Waals surface area contributed by atoms with Crippen molar-refractivity contribution in [3.05, 3.63) is 65.5 Å².